The molecule has 0 saturated carbocycles. The molecule has 0 aromatic rings. The Morgan fingerprint density at radius 3 is 1.86 bits per heavy atom. The van der Waals surface area contributed by atoms with E-state index in [0.717, 1.165) is 12.8 Å². The molecule has 6 heteroatoms. The van der Waals surface area contributed by atoms with Crippen LogP contribution in [0.5, 0.6) is 0 Å². The van der Waals surface area contributed by atoms with E-state index in [1.54, 1.807) is 0 Å². The Bertz CT molecular complexity index is 361. The fourth-order valence-electron chi connectivity index (χ4n) is 1.51. The van der Waals surface area contributed by atoms with Crippen LogP contribution in [0.3, 0.4) is 0 Å². The Morgan fingerprint density at radius 2 is 1.45 bits per heavy atom. The summed E-state index contributed by atoms with van der Waals surface area (Å²) in [6.45, 7) is 15.8. The van der Waals surface area contributed by atoms with E-state index >= 15 is 0 Å². The van der Waals surface area contributed by atoms with Crippen LogP contribution < -0.4 is 0 Å². The van der Waals surface area contributed by atoms with E-state index in [0.29, 0.717) is 18.9 Å². The zero-order valence-corrected chi connectivity index (χ0v) is 13.6. The third kappa shape index (κ3) is 20.8. The first kappa shape index (κ1) is 28.6. The van der Waals surface area contributed by atoms with Gasteiger partial charge in [-0.2, -0.15) is 0 Å². The van der Waals surface area contributed by atoms with Crippen molar-refractivity contribution in [2.24, 2.45) is 5.92 Å². The minimum Gasteiger partial charge on any atom is 0 e. The predicted molar refractivity (Wildman–Crippen MR) is 73.2 cm³/mol. The van der Waals surface area contributed by atoms with Gasteiger partial charge in [-0.15, -0.1) is 0 Å². The minimum absolute atomic E-state index is 0. The van der Waals surface area contributed by atoms with Gasteiger partial charge in [0.25, 0.3) is 0 Å². The molecule has 0 amide bonds. The number of hydrogen-bond acceptors (Lipinski definition) is 2. The van der Waals surface area contributed by atoms with Gasteiger partial charge in [0.1, 0.15) is 0 Å². The first-order valence-electron chi connectivity index (χ1n) is 6.11. The molecule has 0 spiro atoms. The largest absolute Gasteiger partial charge is 0 e. The van der Waals surface area contributed by atoms with Crippen LogP contribution in [0.15, 0.2) is 36.5 Å². The van der Waals surface area contributed by atoms with Gasteiger partial charge in [0.15, 0.2) is 0 Å². The van der Waals surface area contributed by atoms with E-state index in [1.807, 2.05) is 19.1 Å². The van der Waals surface area contributed by atoms with Gasteiger partial charge < -0.3 is 4.74 Å². The molecule has 0 aromatic carbocycles. The van der Waals surface area contributed by atoms with E-state index in [-0.39, 0.29) is 23.3 Å². The van der Waals surface area contributed by atoms with Crippen LogP contribution in [-0.2, 0) is 40.8 Å². The molecule has 0 bridgehead atoms. The van der Waals surface area contributed by atoms with Crippen LogP contribution in [0, 0.1) is 25.9 Å². The molecule has 0 atom stereocenters. The second-order valence-electron chi connectivity index (χ2n) is 3.52. The van der Waals surface area contributed by atoms with Gasteiger partial charge in [0.05, 0.1) is 6.61 Å². The Labute approximate surface area is 142 Å². The zero-order chi connectivity index (χ0) is 16.9. The van der Waals surface area contributed by atoms with Gasteiger partial charge in [-0.3, -0.25) is 4.79 Å². The number of carbonyl (C=O) groups excluding carboxylic acids is 1. The molecule has 0 heterocycles. The summed E-state index contributed by atoms with van der Waals surface area (Å²) >= 11 is 0. The molecule has 0 radical (unpaired) electrons. The summed E-state index contributed by atoms with van der Waals surface area (Å²) in [5, 5.41) is 0. The summed E-state index contributed by atoms with van der Waals surface area (Å²) in [6, 6.07) is 0. The molecule has 0 aromatic heterocycles. The normalized spacial score (nSPS) is 10.7. The van der Waals surface area contributed by atoms with Crippen molar-refractivity contribution in [3.05, 3.63) is 56.4 Å². The topological polar surface area (TPSA) is 86.0 Å². The van der Waals surface area contributed by atoms with Crippen molar-refractivity contribution in [1.82, 2.24) is 0 Å². The summed E-state index contributed by atoms with van der Waals surface area (Å²) in [7, 11) is 0. The zero-order valence-electron chi connectivity index (χ0n) is 12.3. The molecule has 1 rings (SSSR count). The average Bonchev–Trinajstić information content (AvgIpc) is 2.82. The fourth-order valence-corrected chi connectivity index (χ4v) is 1.51. The van der Waals surface area contributed by atoms with Crippen molar-refractivity contribution in [3.63, 3.8) is 0 Å². The van der Waals surface area contributed by atoms with Crippen LogP contribution in [-0.4, -0.2) is 12.6 Å². The summed E-state index contributed by atoms with van der Waals surface area (Å²) in [4.78, 5) is 11.1. The Hall–Kier alpha value is -1.56. The monoisotopic (exact) mass is 342 g/mol. The molecule has 118 valence electrons. The van der Waals surface area contributed by atoms with Crippen LogP contribution in [0.2, 0.25) is 0 Å². The van der Waals surface area contributed by atoms with Gasteiger partial charge >= 0.3 is 39.9 Å². The molecule has 0 unspecified atom stereocenters. The molecule has 1 aliphatic rings. The van der Waals surface area contributed by atoms with Gasteiger partial charge in [0.2, 0.25) is 0 Å². The van der Waals surface area contributed by atoms with E-state index < -0.39 is 0 Å². The molecular weight excluding hydrogens is 324 g/mol. The van der Waals surface area contributed by atoms with E-state index in [9.17, 15) is 4.79 Å². The van der Waals surface area contributed by atoms with Gasteiger partial charge in [-0.1, -0.05) is 36.5 Å². The van der Waals surface area contributed by atoms with Crippen molar-refractivity contribution >= 4 is 5.97 Å². The van der Waals surface area contributed by atoms with Crippen LogP contribution >= 0.6 is 0 Å². The Balaban J connectivity index is -0.000000206. The molecule has 0 N–H and O–H groups in total. The predicted octanol–water partition coefficient (Wildman–Crippen LogP) is 2.90. The third-order valence-corrected chi connectivity index (χ3v) is 2.27. The molecule has 0 aliphatic heterocycles. The van der Waals surface area contributed by atoms with Gasteiger partial charge in [-0.25, -0.2) is 0 Å². The molecule has 0 saturated heterocycles. The second-order valence-corrected chi connectivity index (χ2v) is 3.52. The van der Waals surface area contributed by atoms with Crippen molar-refractivity contribution in [1.29, 1.82) is 0 Å². The van der Waals surface area contributed by atoms with Crippen molar-refractivity contribution < 1.29 is 40.8 Å². The van der Waals surface area contributed by atoms with Crippen molar-refractivity contribution in [2.75, 3.05) is 6.61 Å². The fraction of sp³-hybridized carbons (Fsp3) is 0.375. The van der Waals surface area contributed by atoms with Crippen molar-refractivity contribution in [2.45, 2.75) is 26.2 Å². The summed E-state index contributed by atoms with van der Waals surface area (Å²) in [5.74, 6) is 0.367. The third-order valence-electron chi connectivity index (χ3n) is 2.27. The molecule has 0 fully saturated rings. The number of rotatable bonds is 5. The quantitative estimate of drug-likeness (QED) is 0.437. The van der Waals surface area contributed by atoms with Gasteiger partial charge in [-0.05, 0) is 25.7 Å². The smallest absolute Gasteiger partial charge is 0 e. The van der Waals surface area contributed by atoms with Crippen molar-refractivity contribution in [3.8, 4) is 0 Å². The average molecular weight is 342 g/mol. The SMILES string of the molecule is CCOC(=O)CCCC1C=CC=CC=C1.[C-]#[O+].[C-]#[O+].[C-]#[O+].[Cr]. The van der Waals surface area contributed by atoms with Crippen LogP contribution in [0.1, 0.15) is 26.2 Å². The molecular formula is C16H18CrO5. The molecule has 1 aliphatic carbocycles. The number of hydrogen-bond donors (Lipinski definition) is 0. The second kappa shape index (κ2) is 27.7. The van der Waals surface area contributed by atoms with Crippen LogP contribution in [0.25, 0.3) is 0 Å². The van der Waals surface area contributed by atoms with E-state index in [2.05, 4.69) is 44.3 Å². The van der Waals surface area contributed by atoms with E-state index in [1.165, 1.54) is 0 Å². The summed E-state index contributed by atoms with van der Waals surface area (Å²) in [5.41, 5.74) is 0. The number of allylic oxidation sites excluding steroid dienone is 6. The van der Waals surface area contributed by atoms with E-state index in [4.69, 9.17) is 18.7 Å². The number of ether oxygens (including phenoxy) is 1. The minimum atomic E-state index is -0.0859. The summed E-state index contributed by atoms with van der Waals surface area (Å²) < 4.78 is 27.4. The number of esters is 1. The Kier molecular flexibility index (Phi) is 36.0. The maximum Gasteiger partial charge on any atom is 0 e. The number of carbonyl (C=O) groups is 1. The first-order valence-corrected chi connectivity index (χ1v) is 6.11. The summed E-state index contributed by atoms with van der Waals surface area (Å²) in [6.07, 6.45) is 14.9. The standard InChI is InChI=1S/C13H18O2.3CO.Cr/c1-2-15-13(14)11-7-10-12-8-5-3-4-6-9-12;3*1-2;/h3-6,8-9,12H,2,7,10-11H2,1H3;;;;. The van der Waals surface area contributed by atoms with Crippen LogP contribution in [0.4, 0.5) is 0 Å². The first-order chi connectivity index (χ1) is 10.3. The maximum atomic E-state index is 11.1. The van der Waals surface area contributed by atoms with Gasteiger partial charge in [0, 0.05) is 23.8 Å². The maximum absolute atomic E-state index is 11.1. The molecule has 22 heavy (non-hydrogen) atoms. The Morgan fingerprint density at radius 1 is 1.00 bits per heavy atom. The molecule has 5 nitrogen and oxygen atoms in total.